The maximum Gasteiger partial charge on any atom is 1.00 e. The largest absolute Gasteiger partial charge is 1.00 e. The van der Waals surface area contributed by atoms with E-state index in [2.05, 4.69) is 25.1 Å². The van der Waals surface area contributed by atoms with E-state index in [0.717, 1.165) is 9.58 Å². The van der Waals surface area contributed by atoms with Crippen LogP contribution in [0.3, 0.4) is 0 Å². The Morgan fingerprint density at radius 3 is 2.66 bits per heavy atom. The fourth-order valence-corrected chi connectivity index (χ4v) is 3.66. The monoisotopic (exact) mass is 483 g/mol. The van der Waals surface area contributed by atoms with Gasteiger partial charge in [-0.15, -0.1) is 5.10 Å². The molecule has 0 aliphatic carbocycles. The van der Waals surface area contributed by atoms with Gasteiger partial charge in [-0.25, -0.2) is 22.7 Å². The van der Waals surface area contributed by atoms with Crippen molar-refractivity contribution in [3.8, 4) is 0 Å². The maximum atomic E-state index is 12.5. The number of urea groups is 1. The van der Waals surface area contributed by atoms with Crippen LogP contribution in [0.15, 0.2) is 0 Å². The van der Waals surface area contributed by atoms with Crippen LogP contribution in [0.1, 0.15) is 30.4 Å². The molecule has 2 aliphatic heterocycles. The van der Waals surface area contributed by atoms with Gasteiger partial charge in [0, 0.05) is 6.54 Å². The van der Waals surface area contributed by atoms with Crippen LogP contribution in [0.5, 0.6) is 0 Å². The molecule has 0 saturated carbocycles. The number of tetrazole rings is 1. The first-order valence-electron chi connectivity index (χ1n) is 9.08. The molecule has 1 aromatic heterocycles. The summed E-state index contributed by atoms with van der Waals surface area (Å²) in [6, 6.07) is -2.58. The van der Waals surface area contributed by atoms with E-state index in [0.29, 0.717) is 5.06 Å². The Balaban J connectivity index is 0.00000363. The summed E-state index contributed by atoms with van der Waals surface area (Å²) in [5.74, 6) is -2.25. The molecule has 0 unspecified atom stereocenters. The van der Waals surface area contributed by atoms with Crippen LogP contribution in [-0.2, 0) is 35.6 Å². The number of hydrogen-bond acceptors (Lipinski definition) is 12. The van der Waals surface area contributed by atoms with Crippen LogP contribution < -0.4 is 34.9 Å². The predicted molar refractivity (Wildman–Crippen MR) is 93.3 cm³/mol. The van der Waals surface area contributed by atoms with Crippen molar-refractivity contribution in [2.24, 2.45) is 0 Å². The second-order valence-electron chi connectivity index (χ2n) is 6.63. The van der Waals surface area contributed by atoms with Gasteiger partial charge in [-0.2, -0.15) is 9.35 Å². The molecule has 0 radical (unpaired) electrons. The third-order valence-corrected chi connectivity index (χ3v) is 4.92. The van der Waals surface area contributed by atoms with Crippen molar-refractivity contribution < 1.29 is 70.7 Å². The van der Waals surface area contributed by atoms with E-state index >= 15 is 0 Å². The van der Waals surface area contributed by atoms with Gasteiger partial charge in [0.2, 0.25) is 16.3 Å². The zero-order valence-electron chi connectivity index (χ0n) is 17.2. The number of carbonyl (C=O) groups is 4. The van der Waals surface area contributed by atoms with Crippen LogP contribution in [-0.4, -0.2) is 98.6 Å². The van der Waals surface area contributed by atoms with Gasteiger partial charge < -0.3 is 19.5 Å². The molecule has 32 heavy (non-hydrogen) atoms. The zero-order valence-corrected chi connectivity index (χ0v) is 20.0. The topological polar surface area (TPSA) is 206 Å². The third-order valence-electron chi connectivity index (χ3n) is 4.57. The van der Waals surface area contributed by atoms with Gasteiger partial charge in [0.15, 0.2) is 5.78 Å². The number of hydrogen-bond donors (Lipinski definition) is 1. The Bertz CT molecular complexity index is 1000. The minimum atomic E-state index is -5.14. The fourth-order valence-electron chi connectivity index (χ4n) is 3.28. The second kappa shape index (κ2) is 10.6. The van der Waals surface area contributed by atoms with E-state index < -0.39 is 59.3 Å². The van der Waals surface area contributed by atoms with Crippen LogP contribution in [0.2, 0.25) is 0 Å². The molecule has 170 valence electrons. The van der Waals surface area contributed by atoms with Crippen molar-refractivity contribution in [2.75, 3.05) is 19.7 Å². The Kier molecular flexibility index (Phi) is 8.66. The molecule has 2 atom stereocenters. The Morgan fingerprint density at radius 1 is 1.28 bits per heavy atom. The van der Waals surface area contributed by atoms with Gasteiger partial charge in [0.1, 0.15) is 12.6 Å². The zero-order chi connectivity index (χ0) is 22.8. The summed E-state index contributed by atoms with van der Waals surface area (Å²) >= 11 is 0. The summed E-state index contributed by atoms with van der Waals surface area (Å²) in [6.07, 6.45) is 0.395. The summed E-state index contributed by atoms with van der Waals surface area (Å²) in [6.45, 7) is 0.846. The molecule has 3 rings (SSSR count). The number of fused-ring (bicyclic) bond motifs is 2. The smallest absolute Gasteiger partial charge is 0.724 e. The first-order valence-corrected chi connectivity index (χ1v) is 10.4. The number of rotatable bonds is 9. The number of ketones is 1. The number of esters is 1. The standard InChI is InChI=1S/C14H19N7O9S.Na/c1-2-29-13(24)11-16-17-18-20(11)7-9(22)5-15-12(23)10-4-3-8-6-19(10)14(25)21(8)30-31(26,27)28;/h8,10H,2-7H2,1H3,(H,15,23)(H,26,27,28);/q;+1/p-1/t8-,10+;/m1./s1. The second-order valence-corrected chi connectivity index (χ2v) is 7.59. The number of piperidine rings is 1. The Labute approximate surface area is 203 Å². The summed E-state index contributed by atoms with van der Waals surface area (Å²) in [5, 5.41) is 13.2. The summed E-state index contributed by atoms with van der Waals surface area (Å²) in [5.41, 5.74) is 0. The van der Waals surface area contributed by atoms with Crippen LogP contribution in [0.4, 0.5) is 4.79 Å². The Morgan fingerprint density at radius 2 is 2.00 bits per heavy atom. The van der Waals surface area contributed by atoms with E-state index in [1.165, 1.54) is 0 Å². The molecule has 3 amide bonds. The molecule has 1 aromatic rings. The predicted octanol–water partition coefficient (Wildman–Crippen LogP) is -5.80. The molecular formula is C14H18N7NaO9S. The van der Waals surface area contributed by atoms with Gasteiger partial charge in [-0.3, -0.25) is 9.59 Å². The molecule has 0 spiro atoms. The van der Waals surface area contributed by atoms with E-state index in [1.807, 2.05) is 0 Å². The van der Waals surface area contributed by atoms with Crippen molar-refractivity contribution in [1.82, 2.24) is 35.5 Å². The molecule has 2 fully saturated rings. The minimum Gasteiger partial charge on any atom is -0.724 e. The fraction of sp³-hybridized carbons (Fsp3) is 0.643. The number of nitrogens with one attached hydrogen (secondary N) is 1. The molecule has 0 aromatic carbocycles. The molecular weight excluding hydrogens is 465 g/mol. The maximum absolute atomic E-state index is 12.5. The summed E-state index contributed by atoms with van der Waals surface area (Å²) in [7, 11) is -5.14. The van der Waals surface area contributed by atoms with Gasteiger partial charge in [-0.1, -0.05) is 0 Å². The van der Waals surface area contributed by atoms with Crippen molar-refractivity contribution in [3.63, 3.8) is 0 Å². The van der Waals surface area contributed by atoms with Crippen LogP contribution in [0.25, 0.3) is 0 Å². The number of amides is 3. The van der Waals surface area contributed by atoms with Gasteiger partial charge in [0.05, 0.1) is 19.2 Å². The van der Waals surface area contributed by atoms with Crippen molar-refractivity contribution >= 4 is 34.1 Å². The van der Waals surface area contributed by atoms with Crippen molar-refractivity contribution in [1.29, 1.82) is 0 Å². The number of hydroxylamine groups is 2. The number of Topliss-reactive ketones (excluding diaryl/α,β-unsaturated/α-hetero) is 1. The first-order chi connectivity index (χ1) is 14.6. The third kappa shape index (κ3) is 5.99. The number of nitrogens with zero attached hydrogens (tertiary/aromatic N) is 6. The quantitative estimate of drug-likeness (QED) is 0.151. The van der Waals surface area contributed by atoms with Gasteiger partial charge >= 0.3 is 41.6 Å². The normalized spacial score (nSPS) is 20.0. The summed E-state index contributed by atoms with van der Waals surface area (Å²) < 4.78 is 42.3. The summed E-state index contributed by atoms with van der Waals surface area (Å²) in [4.78, 5) is 49.7. The molecule has 16 nitrogen and oxygen atoms in total. The molecule has 2 aliphatic rings. The molecule has 18 heteroatoms. The molecule has 2 saturated heterocycles. The van der Waals surface area contributed by atoms with E-state index in [1.54, 1.807) is 6.92 Å². The van der Waals surface area contributed by atoms with E-state index in [-0.39, 0.29) is 61.4 Å². The van der Waals surface area contributed by atoms with Crippen molar-refractivity contribution in [2.45, 2.75) is 38.4 Å². The van der Waals surface area contributed by atoms with Gasteiger partial charge in [-0.05, 0) is 30.2 Å². The average Bonchev–Trinajstić information content (AvgIpc) is 3.24. The van der Waals surface area contributed by atoms with Gasteiger partial charge in [0.25, 0.3) is 5.82 Å². The van der Waals surface area contributed by atoms with Crippen molar-refractivity contribution in [3.05, 3.63) is 5.82 Å². The molecule has 2 bridgehead atoms. The number of carbonyl (C=O) groups excluding carboxylic acids is 4. The number of aromatic nitrogens is 4. The SMILES string of the molecule is CCOC(=O)c1nnnn1CC(=O)CNC(=O)[C@@H]1CC[C@@H]2CN1C(=O)N2OS(=O)(=O)[O-].[Na+]. The van der Waals surface area contributed by atoms with E-state index in [9.17, 15) is 32.1 Å². The molecule has 3 heterocycles. The van der Waals surface area contributed by atoms with Crippen LogP contribution in [0, 0.1) is 0 Å². The van der Waals surface area contributed by atoms with Crippen LogP contribution >= 0.6 is 0 Å². The Hall–Kier alpha value is -2.18. The van der Waals surface area contributed by atoms with E-state index in [4.69, 9.17) is 4.74 Å². The molecule has 1 N–H and O–H groups in total. The first kappa shape index (κ1) is 26.1. The minimum absolute atomic E-state index is 0. The average molecular weight is 483 g/mol. The number of ether oxygens (including phenoxy) is 1.